The standard InChI is InChI=1S/C24H25N3O4S/c1-4-30-13-7-12-26-22(28)19(15-25)24-27(20-9-6-5-8-16(20)2)23(29)21(32-24)14-18-11-10-17(3)31-18/h5-6,8-11,14H,4,7,12-13H2,1-3H3,(H,26,28)/b21-14-,24-19-. The van der Waals surface area contributed by atoms with Crippen LogP contribution in [0.2, 0.25) is 0 Å². The maximum atomic E-state index is 13.4. The number of ether oxygens (including phenoxy) is 1. The molecular weight excluding hydrogens is 426 g/mol. The van der Waals surface area contributed by atoms with Gasteiger partial charge in [-0.05, 0) is 51.0 Å². The van der Waals surface area contributed by atoms with E-state index in [1.54, 1.807) is 18.2 Å². The summed E-state index contributed by atoms with van der Waals surface area (Å²) < 4.78 is 12.9. The second-order valence-electron chi connectivity index (χ2n) is 7.08. The summed E-state index contributed by atoms with van der Waals surface area (Å²) in [5.74, 6) is 0.735. The Morgan fingerprint density at radius 2 is 2.06 bits per heavy atom. The number of benzene rings is 1. The Morgan fingerprint density at radius 1 is 1.28 bits per heavy atom. The minimum Gasteiger partial charge on any atom is -0.462 e. The van der Waals surface area contributed by atoms with Gasteiger partial charge in [0.1, 0.15) is 22.3 Å². The molecule has 3 aromatic rings. The zero-order valence-electron chi connectivity index (χ0n) is 18.3. The molecule has 32 heavy (non-hydrogen) atoms. The summed E-state index contributed by atoms with van der Waals surface area (Å²) in [5.41, 5.74) is 1.05. The van der Waals surface area contributed by atoms with Crippen molar-refractivity contribution in [1.29, 1.82) is 5.26 Å². The summed E-state index contributed by atoms with van der Waals surface area (Å²) in [4.78, 5) is 26.2. The molecule has 166 valence electrons. The van der Waals surface area contributed by atoms with Crippen molar-refractivity contribution >= 4 is 28.9 Å². The predicted molar refractivity (Wildman–Crippen MR) is 124 cm³/mol. The fourth-order valence-electron chi connectivity index (χ4n) is 3.15. The first kappa shape index (κ1) is 23.3. The van der Waals surface area contributed by atoms with Gasteiger partial charge in [-0.2, -0.15) is 5.26 Å². The molecule has 0 unspecified atom stereocenters. The van der Waals surface area contributed by atoms with Crippen LogP contribution in [0.25, 0.3) is 17.3 Å². The van der Waals surface area contributed by atoms with Crippen LogP contribution >= 0.6 is 11.3 Å². The summed E-state index contributed by atoms with van der Waals surface area (Å²) in [7, 11) is 0. The Bertz CT molecular complexity index is 1320. The van der Waals surface area contributed by atoms with E-state index in [4.69, 9.17) is 9.15 Å². The number of nitrogens with zero attached hydrogens (tertiary/aromatic N) is 2. The maximum absolute atomic E-state index is 13.4. The Kier molecular flexibility index (Phi) is 7.82. The van der Waals surface area contributed by atoms with E-state index in [1.165, 1.54) is 4.57 Å². The molecule has 2 heterocycles. The minimum atomic E-state index is -0.520. The number of aromatic nitrogens is 1. The van der Waals surface area contributed by atoms with Crippen molar-refractivity contribution in [3.8, 4) is 11.8 Å². The number of nitriles is 1. The van der Waals surface area contributed by atoms with Crippen molar-refractivity contribution in [2.75, 3.05) is 19.8 Å². The molecule has 3 rings (SSSR count). The molecule has 1 amide bonds. The molecule has 8 heteroatoms. The molecule has 0 spiro atoms. The molecule has 0 fully saturated rings. The zero-order valence-corrected chi connectivity index (χ0v) is 19.1. The van der Waals surface area contributed by atoms with E-state index in [0.717, 1.165) is 22.7 Å². The first-order valence-electron chi connectivity index (χ1n) is 10.3. The Morgan fingerprint density at radius 3 is 2.72 bits per heavy atom. The van der Waals surface area contributed by atoms with E-state index < -0.39 is 5.91 Å². The van der Waals surface area contributed by atoms with Crippen LogP contribution in [0.1, 0.15) is 30.4 Å². The fourth-order valence-corrected chi connectivity index (χ4v) is 4.22. The average Bonchev–Trinajstić information content (AvgIpc) is 3.32. The van der Waals surface area contributed by atoms with Crippen LogP contribution in [0.4, 0.5) is 0 Å². The van der Waals surface area contributed by atoms with Crippen LogP contribution < -0.4 is 20.1 Å². The number of nitrogens with one attached hydrogen (secondary N) is 1. The van der Waals surface area contributed by atoms with Gasteiger partial charge < -0.3 is 14.5 Å². The van der Waals surface area contributed by atoms with Crippen molar-refractivity contribution in [2.45, 2.75) is 27.2 Å². The second kappa shape index (κ2) is 10.8. The number of carbonyl (C=O) groups is 1. The van der Waals surface area contributed by atoms with Crippen LogP contribution in [-0.4, -0.2) is 30.2 Å². The Hall–Kier alpha value is -3.41. The lowest BCUT2D eigenvalue weighted by Gasteiger charge is -2.08. The lowest BCUT2D eigenvalue weighted by atomic mass is 10.2. The van der Waals surface area contributed by atoms with Gasteiger partial charge in [-0.15, -0.1) is 11.3 Å². The summed E-state index contributed by atoms with van der Waals surface area (Å²) in [5, 5.41) is 12.6. The molecule has 0 saturated carbocycles. The molecule has 0 aliphatic heterocycles. The molecular formula is C24H25N3O4S. The number of rotatable bonds is 8. The van der Waals surface area contributed by atoms with Crippen LogP contribution in [0.3, 0.4) is 0 Å². The monoisotopic (exact) mass is 451 g/mol. The summed E-state index contributed by atoms with van der Waals surface area (Å²) in [6, 6.07) is 12.9. The highest BCUT2D eigenvalue weighted by molar-refractivity contribution is 7.07. The van der Waals surface area contributed by atoms with Gasteiger partial charge in [0.25, 0.3) is 11.5 Å². The molecule has 1 aromatic carbocycles. The molecule has 0 aliphatic rings. The minimum absolute atomic E-state index is 0.109. The lowest BCUT2D eigenvalue weighted by molar-refractivity contribution is -0.115. The smallest absolute Gasteiger partial charge is 0.273 e. The molecule has 1 N–H and O–H groups in total. The average molecular weight is 452 g/mol. The van der Waals surface area contributed by atoms with Gasteiger partial charge >= 0.3 is 0 Å². The summed E-state index contributed by atoms with van der Waals surface area (Å²) >= 11 is 1.09. The topological polar surface area (TPSA) is 97.3 Å². The molecule has 0 saturated heterocycles. The number of furan rings is 1. The molecule has 0 radical (unpaired) electrons. The van der Waals surface area contributed by atoms with Gasteiger partial charge in [-0.3, -0.25) is 14.2 Å². The van der Waals surface area contributed by atoms with E-state index in [9.17, 15) is 14.9 Å². The molecule has 0 bridgehead atoms. The SMILES string of the molecule is CCOCCCNC(=O)/C(C#N)=c1\s/c(=C\c2ccc(C)o2)c(=O)n1-c1ccccc1C. The summed E-state index contributed by atoms with van der Waals surface area (Å²) in [6.07, 6.45) is 2.26. The maximum Gasteiger partial charge on any atom is 0.273 e. The fraction of sp³-hybridized carbons (Fsp3) is 0.292. The van der Waals surface area contributed by atoms with Crippen LogP contribution in [0, 0.1) is 25.2 Å². The molecule has 0 aliphatic carbocycles. The molecule has 2 aromatic heterocycles. The van der Waals surface area contributed by atoms with E-state index >= 15 is 0 Å². The third kappa shape index (κ3) is 5.25. The largest absolute Gasteiger partial charge is 0.462 e. The van der Waals surface area contributed by atoms with Crippen molar-refractivity contribution in [1.82, 2.24) is 9.88 Å². The number of carbonyl (C=O) groups excluding carboxylic acids is 1. The third-order valence-corrected chi connectivity index (χ3v) is 5.81. The van der Waals surface area contributed by atoms with Crippen molar-refractivity contribution in [2.24, 2.45) is 0 Å². The number of thiazole rings is 1. The number of amides is 1. The lowest BCUT2D eigenvalue weighted by Crippen LogP contribution is -2.34. The van der Waals surface area contributed by atoms with E-state index in [0.29, 0.717) is 42.2 Å². The zero-order chi connectivity index (χ0) is 23.1. The van der Waals surface area contributed by atoms with Crippen LogP contribution in [-0.2, 0) is 9.53 Å². The summed E-state index contributed by atoms with van der Waals surface area (Å²) in [6.45, 7) is 7.10. The predicted octanol–water partition coefficient (Wildman–Crippen LogP) is 2.15. The highest BCUT2D eigenvalue weighted by Gasteiger charge is 2.17. The van der Waals surface area contributed by atoms with E-state index in [2.05, 4.69) is 5.32 Å². The van der Waals surface area contributed by atoms with Crippen molar-refractivity contribution < 1.29 is 13.9 Å². The quantitative estimate of drug-likeness (QED) is 0.530. The first-order valence-corrected chi connectivity index (χ1v) is 11.1. The number of hydrogen-bond donors (Lipinski definition) is 1. The normalized spacial score (nSPS) is 12.5. The van der Waals surface area contributed by atoms with Gasteiger partial charge in [0.15, 0.2) is 5.57 Å². The Balaban J connectivity index is 2.16. The highest BCUT2D eigenvalue weighted by atomic mass is 32.1. The van der Waals surface area contributed by atoms with E-state index in [-0.39, 0.29) is 15.8 Å². The van der Waals surface area contributed by atoms with Crippen molar-refractivity contribution in [3.63, 3.8) is 0 Å². The molecule has 0 atom stereocenters. The van der Waals surface area contributed by atoms with Gasteiger partial charge in [0.05, 0.1) is 10.2 Å². The van der Waals surface area contributed by atoms with Crippen molar-refractivity contribution in [3.05, 3.63) is 73.0 Å². The van der Waals surface area contributed by atoms with Gasteiger partial charge in [0.2, 0.25) is 0 Å². The van der Waals surface area contributed by atoms with Crippen LogP contribution in [0.5, 0.6) is 0 Å². The second-order valence-corrected chi connectivity index (χ2v) is 8.12. The molecule has 7 nitrogen and oxygen atoms in total. The Labute approximate surface area is 189 Å². The number of aryl methyl sites for hydroxylation is 2. The van der Waals surface area contributed by atoms with E-state index in [1.807, 2.05) is 51.1 Å². The van der Waals surface area contributed by atoms with Gasteiger partial charge in [-0.1, -0.05) is 18.2 Å². The van der Waals surface area contributed by atoms with Gasteiger partial charge in [-0.25, -0.2) is 0 Å². The van der Waals surface area contributed by atoms with Crippen LogP contribution in [0.15, 0.2) is 45.6 Å². The van der Waals surface area contributed by atoms with Gasteiger partial charge in [0, 0.05) is 25.8 Å². The first-order chi connectivity index (χ1) is 15.5. The third-order valence-electron chi connectivity index (χ3n) is 4.72. The number of hydrogen-bond acceptors (Lipinski definition) is 6. The number of para-hydroxylation sites is 1. The highest BCUT2D eigenvalue weighted by Crippen LogP contribution is 2.11.